The first-order valence-electron chi connectivity index (χ1n) is 10.5. The molecule has 2 aromatic carbocycles. The van der Waals surface area contributed by atoms with Gasteiger partial charge >= 0.3 is 0 Å². The quantitative estimate of drug-likeness (QED) is 0.324. The summed E-state index contributed by atoms with van der Waals surface area (Å²) in [4.78, 5) is 32.7. The van der Waals surface area contributed by atoms with Crippen molar-refractivity contribution >= 4 is 46.0 Å². The lowest BCUT2D eigenvalue weighted by Crippen LogP contribution is -2.20. The standard InChI is InChI=1S/C25H22N6O2/c32-24(30-26-16-20-14-12-18-6-1-3-8-22(18)28-20)10-5-11-25(33)31-27-17-21-15-13-19-7-2-4-9-23(19)29-21/h1-4,6-9,12-17H,5,10-11H2,(H,30,32)(H,31,33)/b26-16-,27-17-. The number of hydrogen-bond donors (Lipinski definition) is 2. The maximum atomic E-state index is 11.9. The van der Waals surface area contributed by atoms with E-state index in [1.807, 2.05) is 72.8 Å². The molecule has 0 unspecified atom stereocenters. The van der Waals surface area contributed by atoms with E-state index in [9.17, 15) is 9.59 Å². The number of carbonyl (C=O) groups excluding carboxylic acids is 2. The normalized spacial score (nSPS) is 11.4. The number of hydrazone groups is 2. The van der Waals surface area contributed by atoms with Crippen LogP contribution in [0.5, 0.6) is 0 Å². The summed E-state index contributed by atoms with van der Waals surface area (Å²) in [6, 6.07) is 23.1. The van der Waals surface area contributed by atoms with Gasteiger partial charge in [-0.1, -0.05) is 48.5 Å². The van der Waals surface area contributed by atoms with Crippen molar-refractivity contribution in [1.82, 2.24) is 20.8 Å². The number of nitrogens with zero attached hydrogens (tertiary/aromatic N) is 4. The van der Waals surface area contributed by atoms with Crippen LogP contribution in [0.3, 0.4) is 0 Å². The van der Waals surface area contributed by atoms with Gasteiger partial charge in [-0.25, -0.2) is 20.8 Å². The fraction of sp³-hybridized carbons (Fsp3) is 0.120. The first kappa shape index (κ1) is 21.8. The highest BCUT2D eigenvalue weighted by Gasteiger charge is 2.04. The lowest BCUT2D eigenvalue weighted by Gasteiger charge is -2.01. The highest BCUT2D eigenvalue weighted by molar-refractivity contribution is 5.87. The Morgan fingerprint density at radius 2 is 1.12 bits per heavy atom. The molecule has 2 heterocycles. The van der Waals surface area contributed by atoms with Crippen LogP contribution >= 0.6 is 0 Å². The van der Waals surface area contributed by atoms with Crippen molar-refractivity contribution in [3.05, 3.63) is 84.2 Å². The number of fused-ring (bicyclic) bond motifs is 2. The molecule has 2 aromatic heterocycles. The highest BCUT2D eigenvalue weighted by Crippen LogP contribution is 2.11. The molecule has 0 aliphatic rings. The van der Waals surface area contributed by atoms with Crippen LogP contribution in [-0.4, -0.2) is 34.2 Å². The van der Waals surface area contributed by atoms with Crippen LogP contribution in [0.4, 0.5) is 0 Å². The summed E-state index contributed by atoms with van der Waals surface area (Å²) in [5.74, 6) is -0.549. The third-order valence-corrected chi connectivity index (χ3v) is 4.82. The molecular formula is C25H22N6O2. The lowest BCUT2D eigenvalue weighted by atomic mass is 10.2. The van der Waals surface area contributed by atoms with Gasteiger partial charge in [0.15, 0.2) is 0 Å². The number of benzene rings is 2. The van der Waals surface area contributed by atoms with Crippen LogP contribution < -0.4 is 10.9 Å². The Kier molecular flexibility index (Phi) is 7.07. The molecule has 0 saturated heterocycles. The lowest BCUT2D eigenvalue weighted by molar-refractivity contribution is -0.122. The van der Waals surface area contributed by atoms with E-state index in [1.54, 1.807) is 0 Å². The summed E-state index contributed by atoms with van der Waals surface area (Å²) < 4.78 is 0. The Balaban J connectivity index is 1.16. The first-order chi connectivity index (χ1) is 16.2. The topological polar surface area (TPSA) is 109 Å². The number of pyridine rings is 2. The summed E-state index contributed by atoms with van der Waals surface area (Å²) in [5.41, 5.74) is 7.92. The van der Waals surface area contributed by atoms with Crippen molar-refractivity contribution in [1.29, 1.82) is 0 Å². The monoisotopic (exact) mass is 438 g/mol. The van der Waals surface area contributed by atoms with Crippen LogP contribution in [0.25, 0.3) is 21.8 Å². The van der Waals surface area contributed by atoms with Gasteiger partial charge in [0.1, 0.15) is 0 Å². The Labute approximate surface area is 190 Å². The van der Waals surface area contributed by atoms with Gasteiger partial charge in [0.2, 0.25) is 11.8 Å². The second kappa shape index (κ2) is 10.7. The number of amides is 2. The molecule has 0 spiro atoms. The molecule has 0 radical (unpaired) electrons. The Hall–Kier alpha value is -4.46. The zero-order chi connectivity index (χ0) is 22.9. The molecule has 33 heavy (non-hydrogen) atoms. The van der Waals surface area contributed by atoms with Gasteiger partial charge in [-0.15, -0.1) is 0 Å². The zero-order valence-electron chi connectivity index (χ0n) is 17.8. The molecule has 0 atom stereocenters. The van der Waals surface area contributed by atoms with Crippen molar-refractivity contribution in [2.24, 2.45) is 10.2 Å². The summed E-state index contributed by atoms with van der Waals surface area (Å²) in [5, 5.41) is 9.94. The smallest absolute Gasteiger partial charge is 0.240 e. The molecule has 0 saturated carbocycles. The summed E-state index contributed by atoms with van der Waals surface area (Å²) in [6.07, 6.45) is 3.71. The van der Waals surface area contributed by atoms with Crippen LogP contribution in [-0.2, 0) is 9.59 Å². The number of rotatable bonds is 8. The average molecular weight is 438 g/mol. The third kappa shape index (κ3) is 6.27. The van der Waals surface area contributed by atoms with Gasteiger partial charge in [-0.05, 0) is 30.7 Å². The molecule has 0 aliphatic heterocycles. The molecule has 164 valence electrons. The number of para-hydroxylation sites is 2. The second-order valence-corrected chi connectivity index (χ2v) is 7.30. The Morgan fingerprint density at radius 3 is 1.61 bits per heavy atom. The summed E-state index contributed by atoms with van der Waals surface area (Å²) in [7, 11) is 0. The number of nitrogens with one attached hydrogen (secondary N) is 2. The van der Waals surface area contributed by atoms with E-state index in [1.165, 1.54) is 12.4 Å². The predicted octanol–water partition coefficient (Wildman–Crippen LogP) is 3.55. The SMILES string of the molecule is O=C(CCCC(=O)N/N=C\c1ccc2ccccc2n1)N/N=C\c1ccc2ccccc2n1. The zero-order valence-corrected chi connectivity index (χ0v) is 17.8. The van der Waals surface area contributed by atoms with Crippen molar-refractivity contribution in [3.8, 4) is 0 Å². The van der Waals surface area contributed by atoms with Crippen molar-refractivity contribution < 1.29 is 9.59 Å². The van der Waals surface area contributed by atoms with Crippen LogP contribution in [0.15, 0.2) is 83.0 Å². The highest BCUT2D eigenvalue weighted by atomic mass is 16.2. The van der Waals surface area contributed by atoms with Crippen LogP contribution in [0.1, 0.15) is 30.7 Å². The van der Waals surface area contributed by atoms with E-state index < -0.39 is 0 Å². The van der Waals surface area contributed by atoms with E-state index in [4.69, 9.17) is 0 Å². The van der Waals surface area contributed by atoms with Gasteiger partial charge in [-0.3, -0.25) is 9.59 Å². The second-order valence-electron chi connectivity index (χ2n) is 7.30. The molecular weight excluding hydrogens is 416 g/mol. The molecule has 4 rings (SSSR count). The molecule has 0 fully saturated rings. The van der Waals surface area contributed by atoms with Crippen LogP contribution in [0.2, 0.25) is 0 Å². The number of hydrogen-bond acceptors (Lipinski definition) is 6. The Bertz CT molecular complexity index is 1250. The maximum Gasteiger partial charge on any atom is 0.240 e. The van der Waals surface area contributed by atoms with Crippen LogP contribution in [0, 0.1) is 0 Å². The van der Waals surface area contributed by atoms with Crippen molar-refractivity contribution in [2.75, 3.05) is 0 Å². The molecule has 0 bridgehead atoms. The third-order valence-electron chi connectivity index (χ3n) is 4.82. The number of aromatic nitrogens is 2. The van der Waals surface area contributed by atoms with Gasteiger partial charge in [-0.2, -0.15) is 10.2 Å². The maximum absolute atomic E-state index is 11.9. The van der Waals surface area contributed by atoms with E-state index >= 15 is 0 Å². The fourth-order valence-electron chi connectivity index (χ4n) is 3.17. The van der Waals surface area contributed by atoms with Crippen molar-refractivity contribution in [3.63, 3.8) is 0 Å². The molecule has 4 aromatic rings. The van der Waals surface area contributed by atoms with E-state index in [0.717, 1.165) is 21.8 Å². The Morgan fingerprint density at radius 1 is 0.667 bits per heavy atom. The largest absolute Gasteiger partial charge is 0.273 e. The van der Waals surface area contributed by atoms with E-state index in [0.29, 0.717) is 17.8 Å². The summed E-state index contributed by atoms with van der Waals surface area (Å²) >= 11 is 0. The molecule has 8 nitrogen and oxygen atoms in total. The minimum atomic E-state index is -0.274. The van der Waals surface area contributed by atoms with E-state index in [-0.39, 0.29) is 24.7 Å². The minimum absolute atomic E-state index is 0.172. The molecule has 2 N–H and O–H groups in total. The first-order valence-corrected chi connectivity index (χ1v) is 10.5. The van der Waals surface area contributed by atoms with Gasteiger partial charge in [0, 0.05) is 23.6 Å². The van der Waals surface area contributed by atoms with Crippen molar-refractivity contribution in [2.45, 2.75) is 19.3 Å². The number of carbonyl (C=O) groups is 2. The predicted molar refractivity (Wildman–Crippen MR) is 129 cm³/mol. The van der Waals surface area contributed by atoms with E-state index in [2.05, 4.69) is 31.0 Å². The molecule has 0 aliphatic carbocycles. The summed E-state index contributed by atoms with van der Waals surface area (Å²) in [6.45, 7) is 0. The average Bonchev–Trinajstić information content (AvgIpc) is 2.84. The molecule has 2 amide bonds. The van der Waals surface area contributed by atoms with Gasteiger partial charge in [0.25, 0.3) is 0 Å². The molecule has 8 heteroatoms. The van der Waals surface area contributed by atoms with Gasteiger partial charge in [0.05, 0.1) is 34.9 Å². The fourth-order valence-corrected chi connectivity index (χ4v) is 3.17. The minimum Gasteiger partial charge on any atom is -0.273 e. The van der Waals surface area contributed by atoms with Gasteiger partial charge < -0.3 is 0 Å².